The van der Waals surface area contributed by atoms with Gasteiger partial charge in [0.05, 0.1) is 18.7 Å². The number of nitrogens with one attached hydrogen (secondary N) is 1. The topological polar surface area (TPSA) is 95.0 Å². The van der Waals surface area contributed by atoms with Gasteiger partial charge in [-0.3, -0.25) is 9.63 Å². The molecule has 4 atom stereocenters. The number of nitrogens with zero attached hydrogens (tertiary/aromatic N) is 1. The number of H-pyrrole nitrogens is 1. The number of hydrogen-bond acceptors (Lipinski definition) is 5. The molecule has 1 saturated heterocycles. The van der Waals surface area contributed by atoms with Gasteiger partial charge in [0, 0.05) is 23.0 Å². The number of methoxy groups -OCH3 is 1. The molecular weight excluding hydrogens is 300 g/mol. The molecule has 4 rings (SSSR count). The van der Waals surface area contributed by atoms with E-state index >= 15 is 0 Å². The van der Waals surface area contributed by atoms with Gasteiger partial charge in [-0.2, -0.15) is 0 Å². The van der Waals surface area contributed by atoms with Crippen LogP contribution in [0.4, 0.5) is 0 Å². The van der Waals surface area contributed by atoms with Crippen LogP contribution in [0.1, 0.15) is 22.5 Å². The Balaban J connectivity index is 1.75. The van der Waals surface area contributed by atoms with E-state index in [0.717, 1.165) is 16.6 Å². The molecule has 3 N–H and O–H groups in total. The number of aryl methyl sites for hydroxylation is 1. The number of amides is 1. The Bertz CT molecular complexity index is 784. The van der Waals surface area contributed by atoms with E-state index in [9.17, 15) is 15.0 Å². The highest BCUT2D eigenvalue weighted by molar-refractivity contribution is 6.08. The highest BCUT2D eigenvalue weighted by Crippen LogP contribution is 2.38. The zero-order valence-electron chi connectivity index (χ0n) is 12.8. The summed E-state index contributed by atoms with van der Waals surface area (Å²) in [5.41, 5.74) is 2.05. The van der Waals surface area contributed by atoms with Gasteiger partial charge in [0.2, 0.25) is 0 Å². The molecule has 1 aromatic heterocycles. The zero-order chi connectivity index (χ0) is 16.3. The van der Waals surface area contributed by atoms with Crippen LogP contribution in [0, 0.1) is 6.92 Å². The summed E-state index contributed by atoms with van der Waals surface area (Å²) in [6, 6.07) is 4.96. The molecule has 1 aliphatic carbocycles. The first-order chi connectivity index (χ1) is 11.0. The lowest BCUT2D eigenvalue weighted by Crippen LogP contribution is -2.50. The van der Waals surface area contributed by atoms with Crippen LogP contribution in [0.2, 0.25) is 0 Å². The van der Waals surface area contributed by atoms with Gasteiger partial charge >= 0.3 is 0 Å². The zero-order valence-corrected chi connectivity index (χ0v) is 12.8. The quantitative estimate of drug-likeness (QED) is 0.759. The number of hydrogen-bond donors (Lipinski definition) is 3. The second-order valence-electron chi connectivity index (χ2n) is 6.10. The number of carbonyl (C=O) groups is 1. The van der Waals surface area contributed by atoms with Crippen LogP contribution in [0.25, 0.3) is 10.9 Å². The van der Waals surface area contributed by atoms with Crippen LogP contribution < -0.4 is 4.74 Å². The molecule has 122 valence electrons. The molecule has 2 aliphatic rings. The number of aliphatic hydroxyl groups is 2. The highest BCUT2D eigenvalue weighted by atomic mass is 16.7. The number of aromatic nitrogens is 1. The Morgan fingerprint density at radius 3 is 2.83 bits per heavy atom. The SMILES string of the molecule is COc1ccc2[nH]c(C)c(C(=O)N3O[C@@H]4C[C@H]3[C@@H](O)[C@H]4O)c2c1. The maximum atomic E-state index is 12.9. The molecule has 1 aliphatic heterocycles. The molecular formula is C16H18N2O5. The molecule has 1 aromatic carbocycles. The Morgan fingerprint density at radius 2 is 2.17 bits per heavy atom. The average molecular weight is 318 g/mol. The summed E-state index contributed by atoms with van der Waals surface area (Å²) in [5.74, 6) is 0.338. The van der Waals surface area contributed by atoms with Crippen molar-refractivity contribution in [1.82, 2.24) is 10.0 Å². The van der Waals surface area contributed by atoms with E-state index in [2.05, 4.69) is 4.98 Å². The molecule has 23 heavy (non-hydrogen) atoms. The number of aliphatic hydroxyl groups excluding tert-OH is 2. The Hall–Kier alpha value is -2.09. The third-order valence-corrected chi connectivity index (χ3v) is 4.76. The minimum Gasteiger partial charge on any atom is -0.497 e. The van der Waals surface area contributed by atoms with Gasteiger partial charge < -0.3 is 19.9 Å². The van der Waals surface area contributed by atoms with Crippen molar-refractivity contribution in [3.05, 3.63) is 29.5 Å². The summed E-state index contributed by atoms with van der Waals surface area (Å²) >= 11 is 0. The number of ether oxygens (including phenoxy) is 1. The summed E-state index contributed by atoms with van der Waals surface area (Å²) in [5, 5.41) is 21.7. The van der Waals surface area contributed by atoms with Crippen molar-refractivity contribution in [2.45, 2.75) is 37.7 Å². The molecule has 2 heterocycles. The molecule has 1 amide bonds. The first kappa shape index (κ1) is 14.5. The van der Waals surface area contributed by atoms with Gasteiger partial charge in [-0.15, -0.1) is 0 Å². The first-order valence-corrected chi connectivity index (χ1v) is 7.54. The summed E-state index contributed by atoms with van der Waals surface area (Å²) < 4.78 is 5.23. The van der Waals surface area contributed by atoms with E-state index in [1.165, 1.54) is 5.06 Å². The summed E-state index contributed by atoms with van der Waals surface area (Å²) in [6.45, 7) is 1.82. The number of fused-ring (bicyclic) bond motifs is 3. The highest BCUT2D eigenvalue weighted by Gasteiger charge is 2.54. The second kappa shape index (κ2) is 4.95. The first-order valence-electron chi connectivity index (χ1n) is 7.54. The maximum Gasteiger partial charge on any atom is 0.280 e. The molecule has 0 unspecified atom stereocenters. The van der Waals surface area contributed by atoms with E-state index < -0.39 is 24.4 Å². The lowest BCUT2D eigenvalue weighted by molar-refractivity contribution is -0.216. The Kier molecular flexibility index (Phi) is 3.12. The third-order valence-electron chi connectivity index (χ3n) is 4.76. The minimum absolute atomic E-state index is 0.319. The van der Waals surface area contributed by atoms with Crippen LogP contribution in [0.15, 0.2) is 18.2 Å². The molecule has 7 heteroatoms. The summed E-state index contributed by atoms with van der Waals surface area (Å²) in [4.78, 5) is 21.6. The normalized spacial score (nSPS) is 29.5. The van der Waals surface area contributed by atoms with Gasteiger partial charge in [0.15, 0.2) is 0 Å². The fraction of sp³-hybridized carbons (Fsp3) is 0.438. The smallest absolute Gasteiger partial charge is 0.280 e. The van der Waals surface area contributed by atoms with Crippen molar-refractivity contribution < 1.29 is 24.6 Å². The van der Waals surface area contributed by atoms with Gasteiger partial charge in [0.1, 0.15) is 24.1 Å². The largest absolute Gasteiger partial charge is 0.497 e. The van der Waals surface area contributed by atoms with E-state index in [1.807, 2.05) is 19.1 Å². The summed E-state index contributed by atoms with van der Waals surface area (Å²) in [6.07, 6.45) is -2.00. The average Bonchev–Trinajstić information content (AvgIpc) is 3.19. The Labute approximate surface area is 132 Å². The fourth-order valence-electron chi connectivity index (χ4n) is 3.55. The van der Waals surface area contributed by atoms with Gasteiger partial charge in [-0.05, 0) is 25.1 Å². The molecule has 0 spiro atoms. The number of rotatable bonds is 2. The standard InChI is InChI=1S/C16H18N2O5/c1-7-13(9-5-8(22-2)3-4-10(9)17-7)16(21)18-11-6-12(23-18)15(20)14(11)19/h3-5,11-12,14-15,17,19-20H,6H2,1-2H3/t11-,12+,14+,15-/m0/s1. The van der Waals surface area contributed by atoms with Gasteiger partial charge in [-0.1, -0.05) is 0 Å². The lowest BCUT2D eigenvalue weighted by atomic mass is 10.1. The lowest BCUT2D eigenvalue weighted by Gasteiger charge is -2.32. The van der Waals surface area contributed by atoms with Gasteiger partial charge in [0.25, 0.3) is 5.91 Å². The van der Waals surface area contributed by atoms with Crippen molar-refractivity contribution in [2.24, 2.45) is 0 Å². The predicted molar refractivity (Wildman–Crippen MR) is 81.0 cm³/mol. The van der Waals surface area contributed by atoms with E-state index in [1.54, 1.807) is 13.2 Å². The monoisotopic (exact) mass is 318 g/mol. The number of hydroxylamine groups is 2. The van der Waals surface area contributed by atoms with Crippen LogP contribution >= 0.6 is 0 Å². The van der Waals surface area contributed by atoms with Crippen molar-refractivity contribution >= 4 is 16.8 Å². The third kappa shape index (κ3) is 1.97. The van der Waals surface area contributed by atoms with Crippen molar-refractivity contribution in [2.75, 3.05) is 7.11 Å². The second-order valence-corrected chi connectivity index (χ2v) is 6.10. The minimum atomic E-state index is -0.974. The van der Waals surface area contributed by atoms with E-state index in [-0.39, 0.29) is 5.91 Å². The Morgan fingerprint density at radius 1 is 1.39 bits per heavy atom. The molecule has 7 nitrogen and oxygen atoms in total. The molecule has 0 radical (unpaired) electrons. The predicted octanol–water partition coefficient (Wildman–Crippen LogP) is 0.735. The molecule has 2 bridgehead atoms. The molecule has 1 saturated carbocycles. The molecule has 2 aromatic rings. The van der Waals surface area contributed by atoms with Crippen LogP contribution in [-0.4, -0.2) is 57.6 Å². The van der Waals surface area contributed by atoms with Crippen LogP contribution in [0.5, 0.6) is 5.75 Å². The van der Waals surface area contributed by atoms with Crippen molar-refractivity contribution in [3.8, 4) is 5.75 Å². The number of aromatic amines is 1. The molecule has 2 fully saturated rings. The fourth-order valence-corrected chi connectivity index (χ4v) is 3.55. The maximum absolute atomic E-state index is 12.9. The van der Waals surface area contributed by atoms with Gasteiger partial charge in [-0.25, -0.2) is 5.06 Å². The van der Waals surface area contributed by atoms with Crippen molar-refractivity contribution in [1.29, 1.82) is 0 Å². The van der Waals surface area contributed by atoms with E-state index in [4.69, 9.17) is 9.57 Å². The summed E-state index contributed by atoms with van der Waals surface area (Å²) in [7, 11) is 1.57. The van der Waals surface area contributed by atoms with Crippen molar-refractivity contribution in [3.63, 3.8) is 0 Å². The number of carbonyl (C=O) groups excluding carboxylic acids is 1. The van der Waals surface area contributed by atoms with E-state index in [0.29, 0.717) is 17.7 Å². The van der Waals surface area contributed by atoms with Crippen LogP contribution in [-0.2, 0) is 4.84 Å². The number of benzene rings is 1. The van der Waals surface area contributed by atoms with Crippen LogP contribution in [0.3, 0.4) is 0 Å².